The third-order valence-corrected chi connectivity index (χ3v) is 5.08. The number of ether oxygens (including phenoxy) is 1. The van der Waals surface area contributed by atoms with E-state index in [2.05, 4.69) is 12.2 Å². The molecule has 1 heterocycles. The van der Waals surface area contributed by atoms with E-state index >= 15 is 0 Å². The first-order chi connectivity index (χ1) is 9.08. The van der Waals surface area contributed by atoms with Crippen molar-refractivity contribution >= 4 is 23.4 Å². The number of thioether (sulfide) groups is 1. The number of carbonyl (C=O) groups excluding carboxylic acids is 1. The van der Waals surface area contributed by atoms with Gasteiger partial charge in [-0.15, -0.1) is 0 Å². The van der Waals surface area contributed by atoms with Crippen molar-refractivity contribution in [2.24, 2.45) is 5.73 Å². The second-order valence-electron chi connectivity index (χ2n) is 4.81. The van der Waals surface area contributed by atoms with Gasteiger partial charge in [0.1, 0.15) is 11.3 Å². The van der Waals surface area contributed by atoms with Gasteiger partial charge in [0.05, 0.1) is 7.11 Å². The summed E-state index contributed by atoms with van der Waals surface area (Å²) in [7, 11) is 1.63. The highest BCUT2D eigenvalue weighted by molar-refractivity contribution is 8.00. The van der Waals surface area contributed by atoms with Crippen LogP contribution in [0.2, 0.25) is 0 Å². The largest absolute Gasteiger partial charge is 0.497 e. The number of rotatable bonds is 4. The summed E-state index contributed by atoms with van der Waals surface area (Å²) in [5.74, 6) is 1.56. The van der Waals surface area contributed by atoms with Gasteiger partial charge in [0, 0.05) is 17.0 Å². The molecule has 1 amide bonds. The van der Waals surface area contributed by atoms with E-state index in [9.17, 15) is 4.79 Å². The minimum Gasteiger partial charge on any atom is -0.497 e. The number of benzene rings is 1. The molecule has 0 aromatic heterocycles. The Morgan fingerprint density at radius 2 is 2.37 bits per heavy atom. The van der Waals surface area contributed by atoms with Crippen LogP contribution in [0.3, 0.4) is 0 Å². The standard InChI is InChI=1S/C14H20N2O2S/c1-10-14(13(15)17,7-4-8-19-10)16-11-5-3-6-12(9-11)18-2/h3,5-6,9-10,16H,4,7-8H2,1-2H3,(H2,15,17). The Morgan fingerprint density at radius 3 is 3.00 bits per heavy atom. The molecule has 2 rings (SSSR count). The van der Waals surface area contributed by atoms with Gasteiger partial charge in [0.25, 0.3) is 0 Å². The summed E-state index contributed by atoms with van der Waals surface area (Å²) in [6, 6.07) is 7.59. The van der Waals surface area contributed by atoms with Crippen molar-refractivity contribution in [3.05, 3.63) is 24.3 Å². The second-order valence-corrected chi connectivity index (χ2v) is 6.26. The maximum Gasteiger partial charge on any atom is 0.244 e. The molecule has 1 saturated heterocycles. The molecule has 1 aromatic carbocycles. The molecule has 3 N–H and O–H groups in total. The zero-order chi connectivity index (χ0) is 13.9. The molecule has 104 valence electrons. The van der Waals surface area contributed by atoms with Crippen LogP contribution in [0.5, 0.6) is 5.75 Å². The first kappa shape index (κ1) is 14.1. The van der Waals surface area contributed by atoms with E-state index in [1.165, 1.54) is 0 Å². The molecule has 2 atom stereocenters. The summed E-state index contributed by atoms with van der Waals surface area (Å²) >= 11 is 1.79. The van der Waals surface area contributed by atoms with Gasteiger partial charge in [-0.05, 0) is 30.7 Å². The van der Waals surface area contributed by atoms with Crippen LogP contribution in [0.15, 0.2) is 24.3 Å². The molecule has 0 saturated carbocycles. The number of primary amides is 1. The predicted octanol–water partition coefficient (Wildman–Crippen LogP) is 2.25. The van der Waals surface area contributed by atoms with Crippen LogP contribution in [0, 0.1) is 0 Å². The smallest absolute Gasteiger partial charge is 0.244 e. The zero-order valence-corrected chi connectivity index (χ0v) is 12.1. The highest BCUT2D eigenvalue weighted by atomic mass is 32.2. The number of amides is 1. The molecular formula is C14H20N2O2S. The van der Waals surface area contributed by atoms with Crippen molar-refractivity contribution in [1.29, 1.82) is 0 Å². The third kappa shape index (κ3) is 2.81. The van der Waals surface area contributed by atoms with E-state index in [-0.39, 0.29) is 11.2 Å². The Bertz CT molecular complexity index is 467. The van der Waals surface area contributed by atoms with E-state index in [0.29, 0.717) is 0 Å². The Morgan fingerprint density at radius 1 is 1.58 bits per heavy atom. The van der Waals surface area contributed by atoms with Gasteiger partial charge >= 0.3 is 0 Å². The summed E-state index contributed by atoms with van der Waals surface area (Å²) in [6.07, 6.45) is 1.77. The Hall–Kier alpha value is -1.36. The van der Waals surface area contributed by atoms with Crippen molar-refractivity contribution in [2.45, 2.75) is 30.6 Å². The van der Waals surface area contributed by atoms with E-state index < -0.39 is 5.54 Å². The minimum absolute atomic E-state index is 0.157. The first-order valence-corrected chi connectivity index (χ1v) is 7.47. The van der Waals surface area contributed by atoms with E-state index in [1.807, 2.05) is 24.3 Å². The van der Waals surface area contributed by atoms with Crippen LogP contribution in [0.4, 0.5) is 5.69 Å². The van der Waals surface area contributed by atoms with E-state index in [4.69, 9.17) is 10.5 Å². The zero-order valence-electron chi connectivity index (χ0n) is 11.3. The lowest BCUT2D eigenvalue weighted by atomic mass is 9.88. The maximum absolute atomic E-state index is 12.0. The lowest BCUT2D eigenvalue weighted by Crippen LogP contribution is -2.58. The normalized spacial score (nSPS) is 26.7. The van der Waals surface area contributed by atoms with Crippen molar-refractivity contribution < 1.29 is 9.53 Å². The van der Waals surface area contributed by atoms with Crippen LogP contribution >= 0.6 is 11.8 Å². The topological polar surface area (TPSA) is 64.3 Å². The van der Waals surface area contributed by atoms with Crippen molar-refractivity contribution in [3.8, 4) is 5.75 Å². The van der Waals surface area contributed by atoms with E-state index in [0.717, 1.165) is 30.0 Å². The fourth-order valence-electron chi connectivity index (χ4n) is 2.46. The van der Waals surface area contributed by atoms with Gasteiger partial charge in [0.15, 0.2) is 0 Å². The number of methoxy groups -OCH3 is 1. The maximum atomic E-state index is 12.0. The monoisotopic (exact) mass is 280 g/mol. The van der Waals surface area contributed by atoms with Crippen LogP contribution < -0.4 is 15.8 Å². The molecule has 0 radical (unpaired) electrons. The molecule has 0 aliphatic carbocycles. The molecule has 0 spiro atoms. The van der Waals surface area contributed by atoms with Crippen LogP contribution in [-0.2, 0) is 4.79 Å². The number of anilines is 1. The minimum atomic E-state index is -0.671. The molecular weight excluding hydrogens is 260 g/mol. The molecule has 2 unspecified atom stereocenters. The van der Waals surface area contributed by atoms with Crippen molar-refractivity contribution in [1.82, 2.24) is 0 Å². The highest BCUT2D eigenvalue weighted by Gasteiger charge is 2.44. The fourth-order valence-corrected chi connectivity index (χ4v) is 3.71. The first-order valence-electron chi connectivity index (χ1n) is 6.42. The summed E-state index contributed by atoms with van der Waals surface area (Å²) in [4.78, 5) is 12.0. The van der Waals surface area contributed by atoms with Crippen molar-refractivity contribution in [3.63, 3.8) is 0 Å². The van der Waals surface area contributed by atoms with Gasteiger partial charge in [-0.3, -0.25) is 4.79 Å². The summed E-state index contributed by atoms with van der Waals surface area (Å²) < 4.78 is 5.20. The van der Waals surface area contributed by atoms with E-state index in [1.54, 1.807) is 18.9 Å². The molecule has 1 aliphatic rings. The average Bonchev–Trinajstić information content (AvgIpc) is 2.41. The lowest BCUT2D eigenvalue weighted by molar-refractivity contribution is -0.122. The molecule has 4 nitrogen and oxygen atoms in total. The van der Waals surface area contributed by atoms with Gasteiger partial charge in [0.2, 0.25) is 5.91 Å². The summed E-state index contributed by atoms with van der Waals surface area (Å²) in [6.45, 7) is 2.06. The Labute approximate surface area is 118 Å². The van der Waals surface area contributed by atoms with Gasteiger partial charge < -0.3 is 15.8 Å². The molecule has 1 aromatic rings. The quantitative estimate of drug-likeness (QED) is 0.888. The number of hydrogen-bond acceptors (Lipinski definition) is 4. The summed E-state index contributed by atoms with van der Waals surface area (Å²) in [5, 5.41) is 3.50. The number of nitrogens with two attached hydrogens (primary N) is 1. The summed E-state index contributed by atoms with van der Waals surface area (Å²) in [5.41, 5.74) is 5.86. The Balaban J connectivity index is 2.27. The van der Waals surface area contributed by atoms with Crippen LogP contribution in [0.25, 0.3) is 0 Å². The molecule has 5 heteroatoms. The third-order valence-electron chi connectivity index (χ3n) is 3.65. The van der Waals surface area contributed by atoms with Crippen LogP contribution in [-0.4, -0.2) is 29.6 Å². The highest BCUT2D eigenvalue weighted by Crippen LogP contribution is 2.37. The lowest BCUT2D eigenvalue weighted by Gasteiger charge is -2.40. The van der Waals surface area contributed by atoms with Gasteiger partial charge in [-0.2, -0.15) is 11.8 Å². The molecule has 1 aliphatic heterocycles. The second kappa shape index (κ2) is 5.74. The Kier molecular flexibility index (Phi) is 4.24. The molecule has 19 heavy (non-hydrogen) atoms. The average molecular weight is 280 g/mol. The molecule has 1 fully saturated rings. The fraction of sp³-hybridized carbons (Fsp3) is 0.500. The molecule has 0 bridgehead atoms. The van der Waals surface area contributed by atoms with Crippen LogP contribution in [0.1, 0.15) is 19.8 Å². The predicted molar refractivity (Wildman–Crippen MR) is 79.7 cm³/mol. The van der Waals surface area contributed by atoms with Gasteiger partial charge in [-0.25, -0.2) is 0 Å². The van der Waals surface area contributed by atoms with Gasteiger partial charge in [-0.1, -0.05) is 13.0 Å². The SMILES string of the molecule is COc1cccc(NC2(C(N)=O)CCCSC2C)c1. The number of nitrogens with one attached hydrogen (secondary N) is 1. The number of hydrogen-bond donors (Lipinski definition) is 2. The van der Waals surface area contributed by atoms with Crippen molar-refractivity contribution in [2.75, 3.05) is 18.2 Å². The number of carbonyl (C=O) groups is 1.